The molecule has 1 amide bonds. The van der Waals surface area contributed by atoms with E-state index in [9.17, 15) is 4.79 Å². The predicted molar refractivity (Wildman–Crippen MR) is 151 cm³/mol. The van der Waals surface area contributed by atoms with Gasteiger partial charge in [-0.1, -0.05) is 96.2 Å². The molecule has 3 aromatic carbocycles. The summed E-state index contributed by atoms with van der Waals surface area (Å²) in [5, 5.41) is 4.09. The molecule has 0 bridgehead atoms. The minimum atomic E-state index is -0.00136. The first-order valence-electron chi connectivity index (χ1n) is 12.5. The van der Waals surface area contributed by atoms with Gasteiger partial charge >= 0.3 is 0 Å². The molecule has 0 aliphatic heterocycles. The summed E-state index contributed by atoms with van der Waals surface area (Å²) in [6.07, 6.45) is 3.06. The molecule has 188 valence electrons. The summed E-state index contributed by atoms with van der Waals surface area (Å²) in [6, 6.07) is 30.8. The van der Waals surface area contributed by atoms with Crippen molar-refractivity contribution in [3.05, 3.63) is 118 Å². The molecular formula is C30H29ClN4OS. The number of carbonyl (C=O) groups is 1. The Kier molecular flexibility index (Phi) is 8.39. The highest BCUT2D eigenvalue weighted by Gasteiger charge is 2.23. The van der Waals surface area contributed by atoms with Crippen LogP contribution in [0.4, 0.5) is 5.82 Å². The van der Waals surface area contributed by atoms with E-state index in [1.165, 1.54) is 11.1 Å². The summed E-state index contributed by atoms with van der Waals surface area (Å²) in [7, 11) is 0. The lowest BCUT2D eigenvalue weighted by molar-refractivity contribution is 0.0951. The highest BCUT2D eigenvalue weighted by molar-refractivity contribution is 7.98. The Morgan fingerprint density at radius 1 is 0.892 bits per heavy atom. The molecule has 1 aliphatic rings. The third-order valence-corrected chi connectivity index (χ3v) is 7.32. The normalized spacial score (nSPS) is 12.8. The fraction of sp³-hybridized carbons (Fsp3) is 0.233. The second kappa shape index (κ2) is 12.3. The van der Waals surface area contributed by atoms with Crippen LogP contribution in [0, 0.1) is 0 Å². The van der Waals surface area contributed by atoms with Gasteiger partial charge in [-0.2, -0.15) is 0 Å². The summed E-state index contributed by atoms with van der Waals surface area (Å²) < 4.78 is 0. The highest BCUT2D eigenvalue weighted by Crippen LogP contribution is 2.26. The molecule has 0 atom stereocenters. The molecule has 37 heavy (non-hydrogen) atoms. The van der Waals surface area contributed by atoms with E-state index in [0.717, 1.165) is 43.7 Å². The van der Waals surface area contributed by atoms with E-state index in [1.54, 1.807) is 11.8 Å². The number of hydrogen-bond acceptors (Lipinski definition) is 5. The van der Waals surface area contributed by atoms with Crippen molar-refractivity contribution >= 4 is 35.1 Å². The minimum absolute atomic E-state index is 0.00136. The summed E-state index contributed by atoms with van der Waals surface area (Å²) in [6.45, 7) is 1.54. The Hall–Kier alpha value is -3.35. The SMILES string of the molecule is O=C(NC1CC1)c1ccc(CSc2nc(Cl)cc(N(CCc3ccccc3)Cc3ccccc3)n2)cc1. The Labute approximate surface area is 227 Å². The number of rotatable bonds is 11. The Morgan fingerprint density at radius 2 is 1.57 bits per heavy atom. The molecule has 0 saturated heterocycles. The average Bonchev–Trinajstić information content (AvgIpc) is 3.75. The van der Waals surface area contributed by atoms with Crippen LogP contribution in [0.3, 0.4) is 0 Å². The second-order valence-corrected chi connectivity index (χ2v) is 10.5. The minimum Gasteiger partial charge on any atom is -0.352 e. The van der Waals surface area contributed by atoms with Gasteiger partial charge < -0.3 is 10.2 Å². The van der Waals surface area contributed by atoms with Crippen LogP contribution in [0.15, 0.2) is 96.2 Å². The lowest BCUT2D eigenvalue weighted by atomic mass is 10.1. The topological polar surface area (TPSA) is 58.1 Å². The monoisotopic (exact) mass is 528 g/mol. The molecule has 7 heteroatoms. The number of carbonyl (C=O) groups excluding carboxylic acids is 1. The summed E-state index contributed by atoms with van der Waals surface area (Å²) in [5.41, 5.74) is 4.29. The molecule has 5 nitrogen and oxygen atoms in total. The van der Waals surface area contributed by atoms with Gasteiger partial charge in [-0.25, -0.2) is 9.97 Å². The van der Waals surface area contributed by atoms with Crippen LogP contribution in [0.5, 0.6) is 0 Å². The van der Waals surface area contributed by atoms with Crippen LogP contribution in [0.2, 0.25) is 5.15 Å². The number of benzene rings is 3. The second-order valence-electron chi connectivity index (χ2n) is 9.21. The molecule has 1 aromatic heterocycles. The number of aromatic nitrogens is 2. The van der Waals surface area contributed by atoms with Crippen molar-refractivity contribution in [1.82, 2.24) is 15.3 Å². The number of halogens is 1. The number of thioether (sulfide) groups is 1. The predicted octanol–water partition coefficient (Wildman–Crippen LogP) is 6.56. The fourth-order valence-corrected chi connectivity index (χ4v) is 5.03. The lowest BCUT2D eigenvalue weighted by Gasteiger charge is -2.24. The Morgan fingerprint density at radius 3 is 2.24 bits per heavy atom. The van der Waals surface area contributed by atoms with Gasteiger partial charge in [0.1, 0.15) is 11.0 Å². The quantitative estimate of drug-likeness (QED) is 0.136. The van der Waals surface area contributed by atoms with Crippen LogP contribution in [-0.4, -0.2) is 28.5 Å². The van der Waals surface area contributed by atoms with E-state index < -0.39 is 0 Å². The number of nitrogens with one attached hydrogen (secondary N) is 1. The summed E-state index contributed by atoms with van der Waals surface area (Å²) in [5.74, 6) is 1.50. The first kappa shape index (κ1) is 25.3. The molecule has 5 rings (SSSR count). The van der Waals surface area contributed by atoms with Gasteiger partial charge in [0.05, 0.1) is 0 Å². The van der Waals surface area contributed by atoms with Crippen molar-refractivity contribution in [2.45, 2.75) is 42.8 Å². The molecule has 0 unspecified atom stereocenters. The van der Waals surface area contributed by atoms with Gasteiger partial charge in [-0.05, 0) is 48.1 Å². The smallest absolute Gasteiger partial charge is 0.251 e. The zero-order valence-electron chi connectivity index (χ0n) is 20.5. The van der Waals surface area contributed by atoms with E-state index >= 15 is 0 Å². The van der Waals surface area contributed by atoms with Crippen molar-refractivity contribution < 1.29 is 4.79 Å². The molecule has 1 heterocycles. The summed E-state index contributed by atoms with van der Waals surface area (Å²) >= 11 is 8.00. The first-order chi connectivity index (χ1) is 18.1. The van der Waals surface area contributed by atoms with E-state index in [-0.39, 0.29) is 5.91 Å². The van der Waals surface area contributed by atoms with Crippen molar-refractivity contribution in [3.8, 4) is 0 Å². The van der Waals surface area contributed by atoms with Crippen molar-refractivity contribution in [2.75, 3.05) is 11.4 Å². The number of hydrogen-bond donors (Lipinski definition) is 1. The maximum atomic E-state index is 12.2. The van der Waals surface area contributed by atoms with Crippen LogP contribution in [-0.2, 0) is 18.7 Å². The average molecular weight is 529 g/mol. The fourth-order valence-electron chi connectivity index (χ4n) is 4.00. The molecule has 1 fully saturated rings. The molecule has 1 saturated carbocycles. The number of anilines is 1. The maximum Gasteiger partial charge on any atom is 0.251 e. The van der Waals surface area contributed by atoms with Crippen LogP contribution >= 0.6 is 23.4 Å². The number of nitrogens with zero attached hydrogens (tertiary/aromatic N) is 3. The first-order valence-corrected chi connectivity index (χ1v) is 13.9. The molecule has 4 aromatic rings. The van der Waals surface area contributed by atoms with E-state index in [4.69, 9.17) is 16.6 Å². The van der Waals surface area contributed by atoms with E-state index in [1.807, 2.05) is 42.5 Å². The van der Waals surface area contributed by atoms with Crippen LogP contribution in [0.25, 0.3) is 0 Å². The maximum absolute atomic E-state index is 12.2. The van der Waals surface area contributed by atoms with Gasteiger partial charge in [0.2, 0.25) is 0 Å². The molecule has 1 N–H and O–H groups in total. The Balaban J connectivity index is 1.28. The zero-order valence-corrected chi connectivity index (χ0v) is 22.1. The van der Waals surface area contributed by atoms with E-state index in [2.05, 4.69) is 63.7 Å². The van der Waals surface area contributed by atoms with Gasteiger partial charge in [0, 0.05) is 36.5 Å². The van der Waals surface area contributed by atoms with Gasteiger partial charge in [0.15, 0.2) is 5.16 Å². The van der Waals surface area contributed by atoms with Crippen LogP contribution in [0.1, 0.15) is 39.9 Å². The largest absolute Gasteiger partial charge is 0.352 e. The van der Waals surface area contributed by atoms with Crippen molar-refractivity contribution in [1.29, 1.82) is 0 Å². The van der Waals surface area contributed by atoms with Crippen molar-refractivity contribution in [2.24, 2.45) is 0 Å². The third kappa shape index (κ3) is 7.57. The molecule has 0 radical (unpaired) electrons. The highest BCUT2D eigenvalue weighted by atomic mass is 35.5. The number of amides is 1. The van der Waals surface area contributed by atoms with Crippen LogP contribution < -0.4 is 10.2 Å². The summed E-state index contributed by atoms with van der Waals surface area (Å²) in [4.78, 5) is 23.8. The third-order valence-electron chi connectivity index (χ3n) is 6.21. The van der Waals surface area contributed by atoms with E-state index in [0.29, 0.717) is 27.7 Å². The Bertz CT molecular complexity index is 1310. The van der Waals surface area contributed by atoms with Crippen molar-refractivity contribution in [3.63, 3.8) is 0 Å². The van der Waals surface area contributed by atoms with Gasteiger partial charge in [-0.15, -0.1) is 0 Å². The molecule has 0 spiro atoms. The molecule has 1 aliphatic carbocycles. The zero-order chi connectivity index (χ0) is 25.5. The molecular weight excluding hydrogens is 500 g/mol. The standard InChI is InChI=1S/C30H29ClN4OS/c31-27-19-28(35(20-23-9-5-2-6-10-23)18-17-22-7-3-1-4-8-22)34-30(33-27)37-21-24-11-13-25(14-12-24)29(36)32-26-15-16-26/h1-14,19,26H,15-18,20-21H2,(H,32,36). The van der Waals surface area contributed by atoms with Gasteiger partial charge in [0.25, 0.3) is 5.91 Å². The lowest BCUT2D eigenvalue weighted by Crippen LogP contribution is -2.26. The van der Waals surface area contributed by atoms with Gasteiger partial charge in [-0.3, -0.25) is 4.79 Å².